The van der Waals surface area contributed by atoms with Gasteiger partial charge in [-0.2, -0.15) is 5.26 Å². The quantitative estimate of drug-likeness (QED) is 0.350. The summed E-state index contributed by atoms with van der Waals surface area (Å²) in [5.74, 6) is -0.393. The fourth-order valence-electron chi connectivity index (χ4n) is 2.42. The molecule has 3 N–H and O–H groups in total. The van der Waals surface area contributed by atoms with Gasteiger partial charge in [-0.1, -0.05) is 32.0 Å². The number of hydrogen-bond acceptors (Lipinski definition) is 4. The first-order chi connectivity index (χ1) is 11.7. The van der Waals surface area contributed by atoms with Crippen LogP contribution >= 0.6 is 0 Å². The molecule has 0 saturated heterocycles. The molecular weight excluding hydrogens is 302 g/mol. The molecule has 24 heavy (non-hydrogen) atoms. The minimum absolute atomic E-state index is 0.0603. The lowest BCUT2D eigenvalue weighted by atomic mass is 10.0. The molecule has 0 unspecified atom stereocenters. The molecule has 0 aromatic heterocycles. The van der Waals surface area contributed by atoms with E-state index in [0.717, 1.165) is 48.9 Å². The Bertz CT molecular complexity index is 581. The molecule has 0 atom stereocenters. The van der Waals surface area contributed by atoms with Gasteiger partial charge >= 0.3 is 0 Å². The first-order valence-corrected chi connectivity index (χ1v) is 8.54. The zero-order chi connectivity index (χ0) is 17.8. The Morgan fingerprint density at radius 1 is 1.21 bits per heavy atom. The summed E-state index contributed by atoms with van der Waals surface area (Å²) in [6.07, 6.45) is 5.67. The molecule has 0 saturated carbocycles. The third-order valence-corrected chi connectivity index (χ3v) is 3.83. The largest absolute Gasteiger partial charge is 0.396 e. The topological polar surface area (TPSA) is 85.2 Å². The van der Waals surface area contributed by atoms with Gasteiger partial charge in [-0.05, 0) is 43.2 Å². The Balaban J connectivity index is 2.73. The predicted octanol–water partition coefficient (Wildman–Crippen LogP) is 2.91. The lowest BCUT2D eigenvalue weighted by Crippen LogP contribution is -2.19. The van der Waals surface area contributed by atoms with Crippen LogP contribution in [-0.2, 0) is 17.6 Å². The van der Waals surface area contributed by atoms with Crippen LogP contribution in [-0.4, -0.2) is 24.2 Å². The number of nitrogens with zero attached hydrogens (tertiary/aromatic N) is 1. The van der Waals surface area contributed by atoms with E-state index in [2.05, 4.69) is 10.6 Å². The van der Waals surface area contributed by atoms with E-state index in [1.165, 1.54) is 6.20 Å². The Morgan fingerprint density at radius 3 is 2.42 bits per heavy atom. The number of benzene rings is 1. The Morgan fingerprint density at radius 2 is 1.88 bits per heavy atom. The monoisotopic (exact) mass is 329 g/mol. The first-order valence-electron chi connectivity index (χ1n) is 8.54. The van der Waals surface area contributed by atoms with Crippen LogP contribution in [0.5, 0.6) is 0 Å². The second-order valence-corrected chi connectivity index (χ2v) is 5.52. The summed E-state index contributed by atoms with van der Waals surface area (Å²) >= 11 is 0. The number of anilines is 1. The molecule has 0 spiro atoms. The summed E-state index contributed by atoms with van der Waals surface area (Å²) in [5.41, 5.74) is 3.01. The SMILES string of the molecule is CCc1cccc(CC)c1NC(=O)/C(C#N)=C\NCCCCCO. The van der Waals surface area contributed by atoms with Crippen molar-refractivity contribution in [1.29, 1.82) is 5.26 Å². The molecule has 130 valence electrons. The molecule has 0 bridgehead atoms. The number of aryl methyl sites for hydroxylation is 2. The Kier molecular flexibility index (Phi) is 9.25. The molecule has 0 heterocycles. The number of aliphatic hydroxyl groups excluding tert-OH is 1. The van der Waals surface area contributed by atoms with Crippen LogP contribution in [0.1, 0.15) is 44.2 Å². The highest BCUT2D eigenvalue weighted by molar-refractivity contribution is 6.07. The Hall–Kier alpha value is -2.32. The molecule has 0 radical (unpaired) electrons. The lowest BCUT2D eigenvalue weighted by molar-refractivity contribution is -0.112. The standard InChI is InChI=1S/C19H27N3O2/c1-3-15-9-8-10-16(4-2)18(15)22-19(24)17(13-20)14-21-11-6-5-7-12-23/h8-10,14,21,23H,3-7,11-12H2,1-2H3,(H,22,24)/b17-14-. The summed E-state index contributed by atoms with van der Waals surface area (Å²) in [5, 5.41) is 23.8. The zero-order valence-corrected chi connectivity index (χ0v) is 14.6. The van der Waals surface area contributed by atoms with Gasteiger partial charge in [-0.15, -0.1) is 0 Å². The van der Waals surface area contributed by atoms with Crippen molar-refractivity contribution in [3.8, 4) is 6.07 Å². The zero-order valence-electron chi connectivity index (χ0n) is 14.6. The van der Waals surface area contributed by atoms with Crippen LogP contribution in [0.25, 0.3) is 0 Å². The Labute approximate surface area is 144 Å². The second kappa shape index (κ2) is 11.3. The number of rotatable bonds is 10. The molecule has 1 aromatic carbocycles. The summed E-state index contributed by atoms with van der Waals surface area (Å²) in [4.78, 5) is 12.4. The van der Waals surface area contributed by atoms with Crippen molar-refractivity contribution < 1.29 is 9.90 Å². The van der Waals surface area contributed by atoms with Crippen molar-refractivity contribution in [2.24, 2.45) is 0 Å². The minimum Gasteiger partial charge on any atom is -0.396 e. The van der Waals surface area contributed by atoms with E-state index in [1.807, 2.05) is 38.1 Å². The second-order valence-electron chi connectivity index (χ2n) is 5.52. The van der Waals surface area contributed by atoms with Crippen molar-refractivity contribution in [3.05, 3.63) is 41.1 Å². The molecule has 0 aliphatic heterocycles. The van der Waals surface area contributed by atoms with E-state index >= 15 is 0 Å². The van der Waals surface area contributed by atoms with Gasteiger partial charge in [0.1, 0.15) is 11.6 Å². The van der Waals surface area contributed by atoms with E-state index in [0.29, 0.717) is 6.54 Å². The van der Waals surface area contributed by atoms with Gasteiger partial charge in [0, 0.05) is 25.0 Å². The molecule has 1 amide bonds. The highest BCUT2D eigenvalue weighted by Gasteiger charge is 2.13. The molecule has 1 rings (SSSR count). The highest BCUT2D eigenvalue weighted by atomic mass is 16.2. The van der Waals surface area contributed by atoms with E-state index < -0.39 is 5.91 Å². The lowest BCUT2D eigenvalue weighted by Gasteiger charge is -2.14. The molecule has 5 heteroatoms. The summed E-state index contributed by atoms with van der Waals surface area (Å²) in [6, 6.07) is 7.91. The number of carbonyl (C=O) groups is 1. The average molecular weight is 329 g/mol. The van der Waals surface area contributed by atoms with Gasteiger partial charge in [0.15, 0.2) is 0 Å². The maximum Gasteiger partial charge on any atom is 0.267 e. The fraction of sp³-hybridized carbons (Fsp3) is 0.474. The smallest absolute Gasteiger partial charge is 0.267 e. The van der Waals surface area contributed by atoms with E-state index in [-0.39, 0.29) is 12.2 Å². The fourth-order valence-corrected chi connectivity index (χ4v) is 2.42. The van der Waals surface area contributed by atoms with Crippen molar-refractivity contribution in [3.63, 3.8) is 0 Å². The van der Waals surface area contributed by atoms with Crippen LogP contribution in [0.2, 0.25) is 0 Å². The number of carbonyl (C=O) groups excluding carboxylic acids is 1. The molecule has 0 aliphatic carbocycles. The van der Waals surface area contributed by atoms with Crippen LogP contribution in [0, 0.1) is 11.3 Å². The first kappa shape index (κ1) is 19.7. The number of nitriles is 1. The number of aliphatic hydroxyl groups is 1. The van der Waals surface area contributed by atoms with E-state index in [9.17, 15) is 10.1 Å². The highest BCUT2D eigenvalue weighted by Crippen LogP contribution is 2.23. The van der Waals surface area contributed by atoms with Crippen LogP contribution in [0.15, 0.2) is 30.0 Å². The van der Waals surface area contributed by atoms with Gasteiger partial charge in [0.2, 0.25) is 0 Å². The summed E-state index contributed by atoms with van der Waals surface area (Å²) in [7, 11) is 0. The van der Waals surface area contributed by atoms with Crippen LogP contribution in [0.3, 0.4) is 0 Å². The van der Waals surface area contributed by atoms with Gasteiger partial charge in [0.25, 0.3) is 5.91 Å². The number of unbranched alkanes of at least 4 members (excludes halogenated alkanes) is 2. The number of para-hydroxylation sites is 1. The minimum atomic E-state index is -0.393. The maximum atomic E-state index is 12.4. The normalized spacial score (nSPS) is 11.0. The predicted molar refractivity (Wildman–Crippen MR) is 96.5 cm³/mol. The molecule has 0 fully saturated rings. The molecule has 1 aromatic rings. The van der Waals surface area contributed by atoms with Gasteiger partial charge in [-0.25, -0.2) is 0 Å². The van der Waals surface area contributed by atoms with Gasteiger partial charge < -0.3 is 15.7 Å². The van der Waals surface area contributed by atoms with Crippen molar-refractivity contribution in [2.75, 3.05) is 18.5 Å². The number of nitrogens with one attached hydrogen (secondary N) is 2. The molecule has 0 aliphatic rings. The van der Waals surface area contributed by atoms with Gasteiger partial charge in [0.05, 0.1) is 0 Å². The third kappa shape index (κ3) is 6.05. The van der Waals surface area contributed by atoms with Crippen LogP contribution in [0.4, 0.5) is 5.69 Å². The maximum absolute atomic E-state index is 12.4. The third-order valence-electron chi connectivity index (χ3n) is 3.83. The summed E-state index contributed by atoms with van der Waals surface area (Å²) in [6.45, 7) is 4.95. The van der Waals surface area contributed by atoms with Crippen molar-refractivity contribution >= 4 is 11.6 Å². The van der Waals surface area contributed by atoms with Crippen molar-refractivity contribution in [2.45, 2.75) is 46.0 Å². The van der Waals surface area contributed by atoms with E-state index in [1.54, 1.807) is 0 Å². The van der Waals surface area contributed by atoms with E-state index in [4.69, 9.17) is 5.11 Å². The average Bonchev–Trinajstić information content (AvgIpc) is 2.61. The number of amides is 1. The molecule has 5 nitrogen and oxygen atoms in total. The van der Waals surface area contributed by atoms with Crippen LogP contribution < -0.4 is 10.6 Å². The molecular formula is C19H27N3O2. The number of hydrogen-bond donors (Lipinski definition) is 3. The van der Waals surface area contributed by atoms with Gasteiger partial charge in [-0.3, -0.25) is 4.79 Å². The van der Waals surface area contributed by atoms with Crippen molar-refractivity contribution in [1.82, 2.24) is 5.32 Å². The summed E-state index contributed by atoms with van der Waals surface area (Å²) < 4.78 is 0.